The number of benzene rings is 2. The zero-order valence-corrected chi connectivity index (χ0v) is 16.2. The third-order valence-electron chi connectivity index (χ3n) is 5.40. The number of hydrogen-bond acceptors (Lipinski definition) is 5. The summed E-state index contributed by atoms with van der Waals surface area (Å²) < 4.78 is 1.65. The van der Waals surface area contributed by atoms with E-state index in [1.807, 2.05) is 18.2 Å². The smallest absolute Gasteiger partial charge is 0.253 e. The Labute approximate surface area is 164 Å². The molecule has 2 aromatic carbocycles. The Morgan fingerprint density at radius 3 is 2.82 bits per heavy atom. The van der Waals surface area contributed by atoms with E-state index in [1.54, 1.807) is 41.9 Å². The lowest BCUT2D eigenvalue weighted by Gasteiger charge is -2.29. The van der Waals surface area contributed by atoms with Gasteiger partial charge < -0.3 is 10.0 Å². The van der Waals surface area contributed by atoms with Crippen molar-refractivity contribution in [1.29, 1.82) is 0 Å². The first kappa shape index (κ1) is 18.6. The van der Waals surface area contributed by atoms with Crippen molar-refractivity contribution in [1.82, 2.24) is 24.8 Å². The summed E-state index contributed by atoms with van der Waals surface area (Å²) in [4.78, 5) is 16.7. The second-order valence-corrected chi connectivity index (χ2v) is 7.75. The number of rotatable bonds is 5. The van der Waals surface area contributed by atoms with E-state index in [-0.39, 0.29) is 5.91 Å². The Morgan fingerprint density at radius 2 is 2.04 bits per heavy atom. The first-order valence-corrected chi connectivity index (χ1v) is 9.47. The molecule has 0 spiro atoms. The van der Waals surface area contributed by atoms with E-state index in [9.17, 15) is 9.90 Å². The molecular formula is C21H25N5O2. The Morgan fingerprint density at radius 1 is 1.25 bits per heavy atom. The third kappa shape index (κ3) is 3.76. The summed E-state index contributed by atoms with van der Waals surface area (Å²) in [5.74, 6) is -0.113. The number of carbonyl (C=O) groups is 1. The van der Waals surface area contributed by atoms with Gasteiger partial charge in [0.05, 0.1) is 17.7 Å². The average molecular weight is 379 g/mol. The second-order valence-electron chi connectivity index (χ2n) is 7.75. The lowest BCUT2D eigenvalue weighted by molar-refractivity contribution is 0.0170. The van der Waals surface area contributed by atoms with Gasteiger partial charge in [-0.3, -0.25) is 9.69 Å². The van der Waals surface area contributed by atoms with E-state index in [2.05, 4.69) is 27.3 Å². The van der Waals surface area contributed by atoms with Gasteiger partial charge in [0.15, 0.2) is 0 Å². The normalized spacial score (nSPS) is 20.0. The number of aliphatic hydroxyl groups is 1. The Bertz CT molecular complexity index is 987. The standard InChI is InChI=1S/C21H25N5O2/c1-24(20(27)17-8-9-18-19(12-17)25(2)23-22-18)14-21(28)10-11-26(15-21)13-16-6-4-3-5-7-16/h3-9,12,28H,10-11,13-15H2,1-2H3. The molecule has 146 valence electrons. The number of nitrogens with zero attached hydrogens (tertiary/aromatic N) is 5. The zero-order chi connectivity index (χ0) is 19.7. The molecule has 4 rings (SSSR count). The van der Waals surface area contributed by atoms with E-state index in [1.165, 1.54) is 5.56 Å². The highest BCUT2D eigenvalue weighted by atomic mass is 16.3. The number of fused-ring (bicyclic) bond motifs is 1. The van der Waals surface area contributed by atoms with Crippen LogP contribution in [-0.4, -0.2) is 68.1 Å². The van der Waals surface area contributed by atoms with Crippen molar-refractivity contribution in [2.75, 3.05) is 26.7 Å². The largest absolute Gasteiger partial charge is 0.387 e. The molecule has 1 amide bonds. The summed E-state index contributed by atoms with van der Waals surface area (Å²) in [6.45, 7) is 2.49. The predicted octanol–water partition coefficient (Wildman–Crippen LogP) is 1.68. The minimum absolute atomic E-state index is 0.113. The van der Waals surface area contributed by atoms with Crippen molar-refractivity contribution in [3.63, 3.8) is 0 Å². The highest BCUT2D eigenvalue weighted by molar-refractivity contribution is 5.97. The quantitative estimate of drug-likeness (QED) is 0.730. The summed E-state index contributed by atoms with van der Waals surface area (Å²) in [6.07, 6.45) is 0.655. The highest BCUT2D eigenvalue weighted by Crippen LogP contribution is 2.24. The molecule has 1 aromatic heterocycles. The Kier molecular flexibility index (Phi) is 4.87. The van der Waals surface area contributed by atoms with E-state index in [0.29, 0.717) is 25.1 Å². The number of carbonyl (C=O) groups excluding carboxylic acids is 1. The molecule has 0 radical (unpaired) electrons. The monoisotopic (exact) mass is 379 g/mol. The van der Waals surface area contributed by atoms with Crippen LogP contribution in [0.4, 0.5) is 0 Å². The molecule has 7 nitrogen and oxygen atoms in total. The van der Waals surface area contributed by atoms with Crippen LogP contribution in [0.1, 0.15) is 22.3 Å². The molecule has 0 saturated carbocycles. The maximum Gasteiger partial charge on any atom is 0.253 e. The molecule has 0 aliphatic carbocycles. The minimum Gasteiger partial charge on any atom is -0.387 e. The fraction of sp³-hybridized carbons (Fsp3) is 0.381. The lowest BCUT2D eigenvalue weighted by Crippen LogP contribution is -2.45. The van der Waals surface area contributed by atoms with E-state index in [0.717, 1.165) is 24.1 Å². The molecule has 7 heteroatoms. The van der Waals surface area contributed by atoms with Crippen LogP contribution in [0.25, 0.3) is 11.0 Å². The zero-order valence-electron chi connectivity index (χ0n) is 16.2. The van der Waals surface area contributed by atoms with Gasteiger partial charge in [-0.2, -0.15) is 0 Å². The van der Waals surface area contributed by atoms with Gasteiger partial charge in [0.1, 0.15) is 5.52 Å². The average Bonchev–Trinajstić information content (AvgIpc) is 3.24. The number of likely N-dealkylation sites (N-methyl/N-ethyl adjacent to an activating group) is 1. The van der Waals surface area contributed by atoms with Crippen LogP contribution in [0.15, 0.2) is 48.5 Å². The maximum atomic E-state index is 12.9. The van der Waals surface area contributed by atoms with Gasteiger partial charge in [-0.05, 0) is 30.2 Å². The van der Waals surface area contributed by atoms with Crippen LogP contribution >= 0.6 is 0 Å². The van der Waals surface area contributed by atoms with Gasteiger partial charge >= 0.3 is 0 Å². The topological polar surface area (TPSA) is 74.5 Å². The summed E-state index contributed by atoms with van der Waals surface area (Å²) in [5.41, 5.74) is 2.48. The van der Waals surface area contributed by atoms with Crippen molar-refractivity contribution in [3.8, 4) is 0 Å². The van der Waals surface area contributed by atoms with E-state index in [4.69, 9.17) is 0 Å². The van der Waals surface area contributed by atoms with Crippen LogP contribution in [0.5, 0.6) is 0 Å². The van der Waals surface area contributed by atoms with Crippen molar-refractivity contribution in [2.24, 2.45) is 7.05 Å². The molecule has 3 aromatic rings. The highest BCUT2D eigenvalue weighted by Gasteiger charge is 2.37. The maximum absolute atomic E-state index is 12.9. The van der Waals surface area contributed by atoms with Gasteiger partial charge in [0.25, 0.3) is 5.91 Å². The number of aromatic nitrogens is 3. The molecule has 1 aliphatic heterocycles. The SMILES string of the molecule is CN(CC1(O)CCN(Cc2ccccc2)C1)C(=O)c1ccc2nnn(C)c2c1. The first-order chi connectivity index (χ1) is 13.4. The second kappa shape index (κ2) is 7.33. The predicted molar refractivity (Wildman–Crippen MR) is 107 cm³/mol. The van der Waals surface area contributed by atoms with E-state index < -0.39 is 5.60 Å². The van der Waals surface area contributed by atoms with Gasteiger partial charge in [0.2, 0.25) is 0 Å². The van der Waals surface area contributed by atoms with Crippen LogP contribution in [-0.2, 0) is 13.6 Å². The number of amides is 1. The van der Waals surface area contributed by atoms with Crippen molar-refractivity contribution in [2.45, 2.75) is 18.6 Å². The fourth-order valence-corrected chi connectivity index (χ4v) is 3.94. The molecule has 1 aliphatic rings. The molecule has 2 heterocycles. The molecular weight excluding hydrogens is 354 g/mol. The number of β-amino-alcohol motifs (C(OH)–C–C–N with tert-alkyl or cyclic N) is 1. The van der Waals surface area contributed by atoms with Gasteiger partial charge in [-0.1, -0.05) is 35.5 Å². The number of likely N-dealkylation sites (tertiary alicyclic amines) is 1. The van der Waals surface area contributed by atoms with Crippen LogP contribution in [0, 0.1) is 0 Å². The lowest BCUT2D eigenvalue weighted by atomic mass is 10.0. The molecule has 1 atom stereocenters. The third-order valence-corrected chi connectivity index (χ3v) is 5.40. The van der Waals surface area contributed by atoms with E-state index >= 15 is 0 Å². The summed E-state index contributed by atoms with van der Waals surface area (Å²) in [6, 6.07) is 15.6. The molecule has 0 bridgehead atoms. The number of hydrogen-bond donors (Lipinski definition) is 1. The first-order valence-electron chi connectivity index (χ1n) is 9.47. The summed E-state index contributed by atoms with van der Waals surface area (Å²) in [7, 11) is 3.54. The number of aryl methyl sites for hydroxylation is 1. The fourth-order valence-electron chi connectivity index (χ4n) is 3.94. The minimum atomic E-state index is -0.891. The van der Waals surface area contributed by atoms with Gasteiger partial charge in [0, 0.05) is 39.3 Å². The van der Waals surface area contributed by atoms with Crippen LogP contribution in [0.2, 0.25) is 0 Å². The summed E-state index contributed by atoms with van der Waals surface area (Å²) in [5, 5.41) is 19.0. The van der Waals surface area contributed by atoms with Crippen molar-refractivity contribution >= 4 is 16.9 Å². The Balaban J connectivity index is 1.41. The summed E-state index contributed by atoms with van der Waals surface area (Å²) >= 11 is 0. The van der Waals surface area contributed by atoms with Crippen LogP contribution in [0.3, 0.4) is 0 Å². The molecule has 1 unspecified atom stereocenters. The molecule has 1 N–H and O–H groups in total. The van der Waals surface area contributed by atoms with Gasteiger partial charge in [-0.15, -0.1) is 5.10 Å². The van der Waals surface area contributed by atoms with Crippen molar-refractivity contribution in [3.05, 3.63) is 59.7 Å². The van der Waals surface area contributed by atoms with Gasteiger partial charge in [-0.25, -0.2) is 4.68 Å². The molecule has 1 saturated heterocycles. The molecule has 28 heavy (non-hydrogen) atoms. The molecule has 1 fully saturated rings. The van der Waals surface area contributed by atoms with Crippen molar-refractivity contribution < 1.29 is 9.90 Å². The Hall–Kier alpha value is -2.77. The van der Waals surface area contributed by atoms with Crippen LogP contribution < -0.4 is 0 Å².